The number of hydrogen-bond donors (Lipinski definition) is 2. The van der Waals surface area contributed by atoms with Crippen molar-refractivity contribution in [3.05, 3.63) is 18.2 Å². The third kappa shape index (κ3) is 3.06. The molecular weight excluding hydrogens is 202 g/mol. The summed E-state index contributed by atoms with van der Waals surface area (Å²) in [6.07, 6.45) is 7.97. The second kappa shape index (κ2) is 5.46. The van der Waals surface area contributed by atoms with Crippen molar-refractivity contribution < 1.29 is 5.11 Å². The van der Waals surface area contributed by atoms with Gasteiger partial charge < -0.3 is 15.0 Å². The molecule has 1 aliphatic carbocycles. The predicted octanol–water partition coefficient (Wildman–Crippen LogP) is 1.06. The molecule has 1 aromatic rings. The van der Waals surface area contributed by atoms with Gasteiger partial charge >= 0.3 is 0 Å². The summed E-state index contributed by atoms with van der Waals surface area (Å²) in [4.78, 5) is 4.27. The molecule has 0 bridgehead atoms. The molecule has 16 heavy (non-hydrogen) atoms. The van der Waals surface area contributed by atoms with E-state index < -0.39 is 0 Å². The van der Waals surface area contributed by atoms with Crippen LogP contribution in [0.2, 0.25) is 0 Å². The third-order valence-corrected chi connectivity index (χ3v) is 3.45. The van der Waals surface area contributed by atoms with E-state index in [1.807, 2.05) is 24.0 Å². The molecule has 1 fully saturated rings. The van der Waals surface area contributed by atoms with Gasteiger partial charge in [0.15, 0.2) is 0 Å². The van der Waals surface area contributed by atoms with Gasteiger partial charge in [0.25, 0.3) is 0 Å². The Balaban J connectivity index is 1.67. The van der Waals surface area contributed by atoms with Crippen LogP contribution in [0.1, 0.15) is 31.5 Å². The minimum Gasteiger partial charge on any atom is -0.393 e. The van der Waals surface area contributed by atoms with E-state index in [1.165, 1.54) is 0 Å². The lowest BCUT2D eigenvalue weighted by Gasteiger charge is -2.25. The lowest BCUT2D eigenvalue weighted by atomic mass is 9.87. The molecule has 0 radical (unpaired) electrons. The molecule has 2 rings (SSSR count). The fourth-order valence-corrected chi connectivity index (χ4v) is 2.30. The first-order valence-corrected chi connectivity index (χ1v) is 6.10. The van der Waals surface area contributed by atoms with E-state index in [1.54, 1.807) is 0 Å². The lowest BCUT2D eigenvalue weighted by Crippen LogP contribution is -2.28. The summed E-state index contributed by atoms with van der Waals surface area (Å²) in [6, 6.07) is 0. The number of aromatic nitrogens is 2. The largest absolute Gasteiger partial charge is 0.393 e. The number of nitrogens with one attached hydrogen (secondary N) is 1. The maximum Gasteiger partial charge on any atom is 0.122 e. The molecule has 2 N–H and O–H groups in total. The Bertz CT molecular complexity index is 316. The topological polar surface area (TPSA) is 50.1 Å². The van der Waals surface area contributed by atoms with E-state index in [4.69, 9.17) is 0 Å². The molecule has 0 aliphatic heterocycles. The van der Waals surface area contributed by atoms with Crippen LogP contribution in [0.25, 0.3) is 0 Å². The first kappa shape index (κ1) is 11.6. The minimum atomic E-state index is -0.0502. The SMILES string of the molecule is Cn1ccnc1CNCC1CCC(O)CC1. The van der Waals surface area contributed by atoms with Gasteiger partial charge in [0, 0.05) is 19.4 Å². The Morgan fingerprint density at radius 2 is 2.19 bits per heavy atom. The van der Waals surface area contributed by atoms with Crippen molar-refractivity contribution in [1.29, 1.82) is 0 Å². The molecule has 1 aliphatic rings. The van der Waals surface area contributed by atoms with Crippen molar-refractivity contribution in [1.82, 2.24) is 14.9 Å². The number of aliphatic hydroxyl groups excluding tert-OH is 1. The second-order valence-electron chi connectivity index (χ2n) is 4.76. The summed E-state index contributed by atoms with van der Waals surface area (Å²) in [6.45, 7) is 1.88. The molecule has 1 aromatic heterocycles. The van der Waals surface area contributed by atoms with Crippen LogP contribution in [0.4, 0.5) is 0 Å². The number of aliphatic hydroxyl groups is 1. The van der Waals surface area contributed by atoms with Gasteiger partial charge in [-0.15, -0.1) is 0 Å². The van der Waals surface area contributed by atoms with Gasteiger partial charge in [0.05, 0.1) is 12.6 Å². The highest BCUT2D eigenvalue weighted by molar-refractivity contribution is 4.90. The molecule has 0 aromatic carbocycles. The van der Waals surface area contributed by atoms with Crippen molar-refractivity contribution in [3.8, 4) is 0 Å². The summed E-state index contributed by atoms with van der Waals surface area (Å²) >= 11 is 0. The van der Waals surface area contributed by atoms with Gasteiger partial charge in [-0.2, -0.15) is 0 Å². The second-order valence-corrected chi connectivity index (χ2v) is 4.76. The zero-order valence-electron chi connectivity index (χ0n) is 9.89. The van der Waals surface area contributed by atoms with E-state index >= 15 is 0 Å². The van der Waals surface area contributed by atoms with Crippen LogP contribution < -0.4 is 5.32 Å². The fourth-order valence-electron chi connectivity index (χ4n) is 2.30. The van der Waals surface area contributed by atoms with E-state index in [0.29, 0.717) is 0 Å². The number of nitrogens with zero attached hydrogens (tertiary/aromatic N) is 2. The highest BCUT2D eigenvalue weighted by Crippen LogP contribution is 2.23. The monoisotopic (exact) mass is 223 g/mol. The maximum atomic E-state index is 9.41. The highest BCUT2D eigenvalue weighted by atomic mass is 16.3. The number of imidazole rings is 1. The Kier molecular flexibility index (Phi) is 3.96. The molecule has 0 spiro atoms. The fraction of sp³-hybridized carbons (Fsp3) is 0.750. The summed E-state index contributed by atoms with van der Waals surface area (Å²) in [5.74, 6) is 1.81. The zero-order valence-corrected chi connectivity index (χ0v) is 9.89. The number of rotatable bonds is 4. The Morgan fingerprint density at radius 3 is 2.81 bits per heavy atom. The first-order chi connectivity index (χ1) is 7.75. The van der Waals surface area contributed by atoms with E-state index in [2.05, 4.69) is 10.3 Å². The van der Waals surface area contributed by atoms with Crippen LogP contribution in [-0.4, -0.2) is 27.3 Å². The summed E-state index contributed by atoms with van der Waals surface area (Å²) in [5, 5.41) is 12.9. The Morgan fingerprint density at radius 1 is 1.44 bits per heavy atom. The van der Waals surface area contributed by atoms with Crippen LogP contribution in [0.3, 0.4) is 0 Å². The molecular formula is C12H21N3O. The minimum absolute atomic E-state index is 0.0502. The smallest absolute Gasteiger partial charge is 0.122 e. The summed E-state index contributed by atoms with van der Waals surface area (Å²) < 4.78 is 2.04. The molecule has 0 amide bonds. The third-order valence-electron chi connectivity index (χ3n) is 3.45. The van der Waals surface area contributed by atoms with Gasteiger partial charge in [-0.25, -0.2) is 4.98 Å². The van der Waals surface area contributed by atoms with Crippen molar-refractivity contribution in [2.24, 2.45) is 13.0 Å². The quantitative estimate of drug-likeness (QED) is 0.802. The van der Waals surface area contributed by atoms with Gasteiger partial charge in [-0.1, -0.05) is 0 Å². The summed E-state index contributed by atoms with van der Waals surface area (Å²) in [7, 11) is 2.01. The molecule has 0 saturated heterocycles. The standard InChI is InChI=1S/C12H21N3O/c1-15-7-6-14-12(15)9-13-8-10-2-4-11(16)5-3-10/h6-7,10-11,13,16H,2-5,8-9H2,1H3. The summed E-state index contributed by atoms with van der Waals surface area (Å²) in [5.41, 5.74) is 0. The molecule has 90 valence electrons. The van der Waals surface area contributed by atoms with E-state index in [0.717, 1.165) is 50.5 Å². The normalized spacial score (nSPS) is 25.9. The molecule has 0 atom stereocenters. The molecule has 1 heterocycles. The predicted molar refractivity (Wildman–Crippen MR) is 62.9 cm³/mol. The van der Waals surface area contributed by atoms with Crippen molar-refractivity contribution in [2.75, 3.05) is 6.54 Å². The highest BCUT2D eigenvalue weighted by Gasteiger charge is 2.18. The van der Waals surface area contributed by atoms with Crippen molar-refractivity contribution in [3.63, 3.8) is 0 Å². The van der Waals surface area contributed by atoms with Crippen LogP contribution in [0.15, 0.2) is 12.4 Å². The first-order valence-electron chi connectivity index (χ1n) is 6.10. The van der Waals surface area contributed by atoms with Crippen molar-refractivity contribution in [2.45, 2.75) is 38.3 Å². The Hall–Kier alpha value is -0.870. The molecule has 1 saturated carbocycles. The van der Waals surface area contributed by atoms with Crippen LogP contribution in [0, 0.1) is 5.92 Å². The van der Waals surface area contributed by atoms with Gasteiger partial charge in [0.2, 0.25) is 0 Å². The average molecular weight is 223 g/mol. The van der Waals surface area contributed by atoms with Crippen LogP contribution in [-0.2, 0) is 13.6 Å². The van der Waals surface area contributed by atoms with Crippen LogP contribution >= 0.6 is 0 Å². The van der Waals surface area contributed by atoms with E-state index in [9.17, 15) is 5.11 Å². The lowest BCUT2D eigenvalue weighted by molar-refractivity contribution is 0.108. The number of hydrogen-bond acceptors (Lipinski definition) is 3. The average Bonchev–Trinajstić information content (AvgIpc) is 2.68. The molecule has 4 nitrogen and oxygen atoms in total. The Labute approximate surface area is 96.7 Å². The van der Waals surface area contributed by atoms with Crippen molar-refractivity contribution >= 4 is 0 Å². The van der Waals surface area contributed by atoms with E-state index in [-0.39, 0.29) is 6.10 Å². The van der Waals surface area contributed by atoms with Crippen LogP contribution in [0.5, 0.6) is 0 Å². The number of aryl methyl sites for hydroxylation is 1. The molecule has 0 unspecified atom stereocenters. The van der Waals surface area contributed by atoms with Gasteiger partial charge in [-0.05, 0) is 38.1 Å². The maximum absolute atomic E-state index is 9.41. The zero-order chi connectivity index (χ0) is 11.4. The molecule has 4 heteroatoms. The van der Waals surface area contributed by atoms with Gasteiger partial charge in [-0.3, -0.25) is 0 Å². The van der Waals surface area contributed by atoms with Gasteiger partial charge in [0.1, 0.15) is 5.82 Å².